The van der Waals surface area contributed by atoms with E-state index >= 15 is 0 Å². The molecule has 25 heavy (non-hydrogen) atoms. The van der Waals surface area contributed by atoms with E-state index in [2.05, 4.69) is 10.2 Å². The maximum Gasteiger partial charge on any atom is 0.255 e. The average molecular weight is 342 g/mol. The van der Waals surface area contributed by atoms with E-state index in [1.807, 2.05) is 31.2 Å². The number of aliphatic hydroxyl groups excluding tert-OH is 1. The first-order valence-electron chi connectivity index (χ1n) is 8.85. The number of nitrogens with zero attached hydrogens (tertiary/aromatic N) is 1. The van der Waals surface area contributed by atoms with Crippen LogP contribution < -0.4 is 5.32 Å². The highest BCUT2D eigenvalue weighted by Gasteiger charge is 2.23. The summed E-state index contributed by atoms with van der Waals surface area (Å²) in [5.74, 6) is 0.584. The summed E-state index contributed by atoms with van der Waals surface area (Å²) < 4.78 is 5.19. The van der Waals surface area contributed by atoms with Crippen molar-refractivity contribution in [3.63, 3.8) is 0 Å². The first-order valence-corrected chi connectivity index (χ1v) is 8.85. The van der Waals surface area contributed by atoms with Crippen LogP contribution >= 0.6 is 0 Å². The number of benzene rings is 1. The zero-order valence-electron chi connectivity index (χ0n) is 14.9. The van der Waals surface area contributed by atoms with E-state index < -0.39 is 6.10 Å². The zero-order valence-corrected chi connectivity index (χ0v) is 14.9. The molecule has 1 unspecified atom stereocenters. The molecule has 134 valence electrons. The Bertz CT molecular complexity index is 700. The number of hydrogen-bond donors (Lipinski definition) is 2. The van der Waals surface area contributed by atoms with Crippen LogP contribution in [0.15, 0.2) is 41.0 Å². The monoisotopic (exact) mass is 342 g/mol. The van der Waals surface area contributed by atoms with E-state index in [-0.39, 0.29) is 11.9 Å². The van der Waals surface area contributed by atoms with Gasteiger partial charge in [-0.05, 0) is 38.3 Å². The summed E-state index contributed by atoms with van der Waals surface area (Å²) in [6, 6.07) is 9.91. The minimum absolute atomic E-state index is 0.0654. The molecule has 1 aliphatic rings. The quantitative estimate of drug-likeness (QED) is 0.877. The van der Waals surface area contributed by atoms with Gasteiger partial charge in [0.15, 0.2) is 0 Å². The molecule has 2 N–H and O–H groups in total. The van der Waals surface area contributed by atoms with Crippen LogP contribution in [0.4, 0.5) is 0 Å². The van der Waals surface area contributed by atoms with Gasteiger partial charge in [-0.1, -0.05) is 29.8 Å². The summed E-state index contributed by atoms with van der Waals surface area (Å²) in [5.41, 5.74) is 2.76. The van der Waals surface area contributed by atoms with Crippen LogP contribution in [0.5, 0.6) is 0 Å². The predicted molar refractivity (Wildman–Crippen MR) is 96.5 cm³/mol. The highest BCUT2D eigenvalue weighted by molar-refractivity contribution is 5.95. The molecule has 1 atom stereocenters. The summed E-state index contributed by atoms with van der Waals surface area (Å²) in [4.78, 5) is 14.5. The van der Waals surface area contributed by atoms with Crippen molar-refractivity contribution in [2.45, 2.75) is 38.8 Å². The van der Waals surface area contributed by atoms with Crippen LogP contribution in [-0.4, -0.2) is 41.6 Å². The zero-order chi connectivity index (χ0) is 17.8. The molecule has 5 heteroatoms. The molecule has 1 aromatic heterocycles. The van der Waals surface area contributed by atoms with Gasteiger partial charge in [-0.3, -0.25) is 4.79 Å². The smallest absolute Gasteiger partial charge is 0.255 e. The Balaban J connectivity index is 1.46. The SMILES string of the molecule is Cc1ccc(C(O)CN2CCC(NC(=O)c3ccoc3C)CC2)cc1. The van der Waals surface area contributed by atoms with Crippen LogP contribution in [0.2, 0.25) is 0 Å². The van der Waals surface area contributed by atoms with Gasteiger partial charge < -0.3 is 19.7 Å². The number of furan rings is 1. The molecular weight excluding hydrogens is 316 g/mol. The predicted octanol–water partition coefficient (Wildman–Crippen LogP) is 2.82. The number of β-amino-alcohol motifs (C(OH)–C–C–N with tert-alkyl or cyclic N) is 1. The summed E-state index contributed by atoms with van der Waals surface area (Å²) in [5, 5.41) is 13.5. The molecule has 0 saturated carbocycles. The van der Waals surface area contributed by atoms with Crippen molar-refractivity contribution in [2.75, 3.05) is 19.6 Å². The van der Waals surface area contributed by atoms with Crippen molar-refractivity contribution in [1.82, 2.24) is 10.2 Å². The topological polar surface area (TPSA) is 65.7 Å². The van der Waals surface area contributed by atoms with Crippen molar-refractivity contribution < 1.29 is 14.3 Å². The Morgan fingerprint density at radius 2 is 1.92 bits per heavy atom. The van der Waals surface area contributed by atoms with Crippen molar-refractivity contribution >= 4 is 5.91 Å². The second kappa shape index (κ2) is 7.85. The maximum atomic E-state index is 12.2. The summed E-state index contributed by atoms with van der Waals surface area (Å²) >= 11 is 0. The van der Waals surface area contributed by atoms with Crippen molar-refractivity contribution in [1.29, 1.82) is 0 Å². The lowest BCUT2D eigenvalue weighted by Gasteiger charge is -2.33. The molecule has 1 fully saturated rings. The summed E-state index contributed by atoms with van der Waals surface area (Å²) in [7, 11) is 0. The molecule has 1 aromatic carbocycles. The molecule has 1 saturated heterocycles. The van der Waals surface area contributed by atoms with Crippen LogP contribution in [0.25, 0.3) is 0 Å². The number of carbonyl (C=O) groups is 1. The number of likely N-dealkylation sites (tertiary alicyclic amines) is 1. The maximum absolute atomic E-state index is 12.2. The van der Waals surface area contributed by atoms with E-state index in [0.717, 1.165) is 31.5 Å². The Morgan fingerprint density at radius 3 is 2.52 bits per heavy atom. The van der Waals surface area contributed by atoms with Gasteiger partial charge in [0.05, 0.1) is 17.9 Å². The number of aliphatic hydroxyl groups is 1. The lowest BCUT2D eigenvalue weighted by Crippen LogP contribution is -2.45. The van der Waals surface area contributed by atoms with Crippen LogP contribution in [-0.2, 0) is 0 Å². The molecule has 2 aromatic rings. The normalized spacial score (nSPS) is 17.4. The number of nitrogens with one attached hydrogen (secondary N) is 1. The molecule has 5 nitrogen and oxygen atoms in total. The van der Waals surface area contributed by atoms with Crippen LogP contribution in [0, 0.1) is 13.8 Å². The standard InChI is InChI=1S/C20H26N2O3/c1-14-3-5-16(6-4-14)19(23)13-22-10-7-17(8-11-22)21-20(24)18-9-12-25-15(18)2/h3-6,9,12,17,19,23H,7-8,10-11,13H2,1-2H3,(H,21,24). The van der Waals surface area contributed by atoms with Crippen molar-refractivity contribution in [3.05, 3.63) is 59.0 Å². The fourth-order valence-electron chi connectivity index (χ4n) is 3.28. The lowest BCUT2D eigenvalue weighted by molar-refractivity contribution is 0.0827. The van der Waals surface area contributed by atoms with Crippen molar-refractivity contribution in [3.8, 4) is 0 Å². The Morgan fingerprint density at radius 1 is 1.24 bits per heavy atom. The van der Waals surface area contributed by atoms with Crippen molar-refractivity contribution in [2.24, 2.45) is 0 Å². The largest absolute Gasteiger partial charge is 0.469 e. The molecule has 3 rings (SSSR count). The molecule has 0 aliphatic carbocycles. The molecule has 1 aliphatic heterocycles. The minimum atomic E-state index is -0.472. The first kappa shape index (κ1) is 17.7. The third kappa shape index (κ3) is 4.50. The number of piperidine rings is 1. The highest BCUT2D eigenvalue weighted by Crippen LogP contribution is 2.19. The number of amides is 1. The van der Waals surface area contributed by atoms with Crippen LogP contribution in [0.1, 0.15) is 46.2 Å². The third-order valence-corrected chi connectivity index (χ3v) is 4.92. The van der Waals surface area contributed by atoms with Gasteiger partial charge >= 0.3 is 0 Å². The minimum Gasteiger partial charge on any atom is -0.469 e. The fraction of sp³-hybridized carbons (Fsp3) is 0.450. The Hall–Kier alpha value is -2.11. The second-order valence-corrected chi connectivity index (χ2v) is 6.87. The first-order chi connectivity index (χ1) is 12.0. The molecule has 1 amide bonds. The van der Waals surface area contributed by atoms with Gasteiger partial charge in [-0.2, -0.15) is 0 Å². The second-order valence-electron chi connectivity index (χ2n) is 6.87. The van der Waals surface area contributed by atoms with E-state index in [1.165, 1.54) is 5.56 Å². The van der Waals surface area contributed by atoms with E-state index in [0.29, 0.717) is 17.9 Å². The number of carbonyl (C=O) groups excluding carboxylic acids is 1. The Labute approximate surface area is 148 Å². The molecule has 0 bridgehead atoms. The van der Waals surface area contributed by atoms with Gasteiger partial charge in [-0.25, -0.2) is 0 Å². The number of hydrogen-bond acceptors (Lipinski definition) is 4. The summed E-state index contributed by atoms with van der Waals surface area (Å²) in [6.45, 7) is 6.21. The van der Waals surface area contributed by atoms with E-state index in [1.54, 1.807) is 19.3 Å². The molecule has 0 radical (unpaired) electrons. The van der Waals surface area contributed by atoms with E-state index in [4.69, 9.17) is 4.42 Å². The Kier molecular flexibility index (Phi) is 5.56. The lowest BCUT2D eigenvalue weighted by atomic mass is 10.0. The average Bonchev–Trinajstić information content (AvgIpc) is 3.03. The number of aryl methyl sites for hydroxylation is 2. The number of rotatable bonds is 5. The van der Waals surface area contributed by atoms with Gasteiger partial charge in [0.1, 0.15) is 5.76 Å². The fourth-order valence-corrected chi connectivity index (χ4v) is 3.28. The van der Waals surface area contributed by atoms with Gasteiger partial charge in [0.25, 0.3) is 5.91 Å². The molecular formula is C20H26N2O3. The third-order valence-electron chi connectivity index (χ3n) is 4.92. The van der Waals surface area contributed by atoms with Gasteiger partial charge in [0, 0.05) is 25.7 Å². The van der Waals surface area contributed by atoms with Crippen LogP contribution in [0.3, 0.4) is 0 Å². The highest BCUT2D eigenvalue weighted by atomic mass is 16.3. The summed E-state index contributed by atoms with van der Waals surface area (Å²) in [6.07, 6.45) is 2.85. The van der Waals surface area contributed by atoms with Gasteiger partial charge in [-0.15, -0.1) is 0 Å². The molecule has 0 spiro atoms. The molecule has 2 heterocycles. The van der Waals surface area contributed by atoms with E-state index in [9.17, 15) is 9.90 Å². The van der Waals surface area contributed by atoms with Gasteiger partial charge in [0.2, 0.25) is 0 Å².